The lowest BCUT2D eigenvalue weighted by Crippen LogP contribution is -2.47. The topological polar surface area (TPSA) is 189 Å². The van der Waals surface area contributed by atoms with E-state index in [0.29, 0.717) is 35.5 Å². The fourth-order valence-electron chi connectivity index (χ4n) is 3.95. The Labute approximate surface area is 224 Å². The van der Waals surface area contributed by atoms with Gasteiger partial charge in [0.1, 0.15) is 21.6 Å². The summed E-state index contributed by atoms with van der Waals surface area (Å²) in [4.78, 5) is 29.3. The molecule has 2 aromatic rings. The number of fused-ring (bicyclic) bond motifs is 1. The van der Waals surface area contributed by atoms with Gasteiger partial charge in [-0.3, -0.25) is 0 Å². The molecule has 14 nitrogen and oxygen atoms in total. The van der Waals surface area contributed by atoms with Gasteiger partial charge in [0.2, 0.25) is 10.0 Å². The van der Waals surface area contributed by atoms with E-state index in [2.05, 4.69) is 4.84 Å². The van der Waals surface area contributed by atoms with Crippen molar-refractivity contribution in [3.8, 4) is 0 Å². The zero-order chi connectivity index (χ0) is 28.1. The number of thiophene rings is 1. The Kier molecular flexibility index (Phi) is 9.66. The van der Waals surface area contributed by atoms with Crippen LogP contribution in [0.2, 0.25) is 0 Å². The first kappa shape index (κ1) is 29.7. The van der Waals surface area contributed by atoms with Crippen molar-refractivity contribution in [3.05, 3.63) is 57.1 Å². The normalized spacial score (nSPS) is 17.0. The van der Waals surface area contributed by atoms with Gasteiger partial charge in [0.15, 0.2) is 0 Å². The third-order valence-corrected chi connectivity index (χ3v) is 10.7. The quantitative estimate of drug-likeness (QED) is 0.216. The van der Waals surface area contributed by atoms with Crippen molar-refractivity contribution in [1.82, 2.24) is 9.21 Å². The number of ether oxygens (including phenoxy) is 2. The number of carbonyl (C=O) groups excluding carboxylic acids is 1. The van der Waals surface area contributed by atoms with Gasteiger partial charge in [-0.15, -0.1) is 21.5 Å². The molecule has 0 aliphatic carbocycles. The number of nitrogens with zero attached hydrogens (tertiary/aromatic N) is 3. The molecule has 0 saturated carbocycles. The van der Waals surface area contributed by atoms with Crippen LogP contribution < -0.4 is 5.14 Å². The molecule has 0 radical (unpaired) electrons. The first-order valence-corrected chi connectivity index (χ1v) is 15.1. The van der Waals surface area contributed by atoms with Crippen LogP contribution >= 0.6 is 11.3 Å². The van der Waals surface area contributed by atoms with Gasteiger partial charge in [-0.05, 0) is 30.5 Å². The van der Waals surface area contributed by atoms with Crippen LogP contribution in [0.15, 0.2) is 38.8 Å². The molecular weight excluding hydrogens is 564 g/mol. The van der Waals surface area contributed by atoms with Crippen molar-refractivity contribution in [2.75, 3.05) is 33.4 Å². The highest BCUT2D eigenvalue weighted by Gasteiger charge is 2.43. The smallest absolute Gasteiger partial charge is 0.410 e. The Morgan fingerprint density at radius 1 is 1.29 bits per heavy atom. The van der Waals surface area contributed by atoms with E-state index in [1.807, 2.05) is 0 Å². The fraction of sp³-hybridized carbons (Fsp3) is 0.476. The van der Waals surface area contributed by atoms with Gasteiger partial charge in [0.05, 0.1) is 6.04 Å². The minimum Gasteiger partial charge on any atom is -0.445 e. The highest BCUT2D eigenvalue weighted by molar-refractivity contribution is 7.94. The van der Waals surface area contributed by atoms with Gasteiger partial charge in [-0.2, -0.15) is 4.31 Å². The maximum Gasteiger partial charge on any atom is 0.410 e. The molecule has 210 valence electrons. The van der Waals surface area contributed by atoms with Gasteiger partial charge in [-0.25, -0.2) is 26.8 Å². The van der Waals surface area contributed by atoms with E-state index in [1.54, 1.807) is 31.2 Å². The molecule has 2 N–H and O–H groups in total. The second kappa shape index (κ2) is 12.4. The second-order valence-corrected chi connectivity index (χ2v) is 13.2. The number of primary sulfonamides is 1. The van der Waals surface area contributed by atoms with E-state index < -0.39 is 37.3 Å². The van der Waals surface area contributed by atoms with Crippen LogP contribution in [0.5, 0.6) is 0 Å². The van der Waals surface area contributed by atoms with Crippen LogP contribution in [-0.4, -0.2) is 70.6 Å². The Bertz CT molecular complexity index is 1380. The lowest BCUT2D eigenvalue weighted by molar-refractivity contribution is -0.763. The number of likely N-dealkylation sites (N-methyl/N-ethyl adjacent to an activating group) is 1. The third-order valence-electron chi connectivity index (χ3n) is 5.69. The molecule has 0 unspecified atom stereocenters. The van der Waals surface area contributed by atoms with Crippen molar-refractivity contribution < 1.29 is 41.0 Å². The first-order valence-electron chi connectivity index (χ1n) is 11.3. The van der Waals surface area contributed by atoms with Crippen LogP contribution in [0.3, 0.4) is 0 Å². The van der Waals surface area contributed by atoms with E-state index >= 15 is 0 Å². The molecule has 1 aliphatic heterocycles. The maximum atomic E-state index is 13.3. The van der Waals surface area contributed by atoms with E-state index in [-0.39, 0.29) is 46.8 Å². The molecule has 1 amide bonds. The average Bonchev–Trinajstić information content (AvgIpc) is 3.32. The summed E-state index contributed by atoms with van der Waals surface area (Å²) in [5, 5.41) is 14.8. The summed E-state index contributed by atoms with van der Waals surface area (Å²) in [7, 11) is -6.74. The number of methoxy groups -OCH3 is 1. The van der Waals surface area contributed by atoms with Crippen LogP contribution in [0.1, 0.15) is 36.1 Å². The lowest BCUT2D eigenvalue weighted by Gasteiger charge is -2.37. The van der Waals surface area contributed by atoms with Crippen LogP contribution in [0, 0.1) is 10.1 Å². The summed E-state index contributed by atoms with van der Waals surface area (Å²) >= 11 is 0.542. The number of benzene rings is 1. The molecule has 3 rings (SSSR count). The van der Waals surface area contributed by atoms with Crippen molar-refractivity contribution in [2.24, 2.45) is 5.14 Å². The van der Waals surface area contributed by atoms with Gasteiger partial charge in [0.25, 0.3) is 15.1 Å². The van der Waals surface area contributed by atoms with Crippen molar-refractivity contribution in [1.29, 1.82) is 0 Å². The number of amides is 1. The molecule has 0 bridgehead atoms. The summed E-state index contributed by atoms with van der Waals surface area (Å²) in [6.45, 7) is 1.67. The summed E-state index contributed by atoms with van der Waals surface area (Å²) in [5.41, 5.74) is 1.21. The third kappa shape index (κ3) is 6.97. The molecule has 38 heavy (non-hydrogen) atoms. The van der Waals surface area contributed by atoms with E-state index in [1.165, 1.54) is 22.4 Å². The number of nitrogens with two attached hydrogens (primary N) is 1. The first-order chi connectivity index (χ1) is 17.9. The maximum absolute atomic E-state index is 13.3. The molecule has 17 heteroatoms. The molecule has 2 heterocycles. The number of carbonyl (C=O) groups is 1. The predicted octanol–water partition coefficient (Wildman–Crippen LogP) is 1.84. The minimum atomic E-state index is -4.19. The van der Waals surface area contributed by atoms with Gasteiger partial charge in [-0.1, -0.05) is 24.3 Å². The van der Waals surface area contributed by atoms with Crippen LogP contribution in [0.4, 0.5) is 4.79 Å². The van der Waals surface area contributed by atoms with E-state index in [9.17, 15) is 31.7 Å². The second-order valence-electron chi connectivity index (χ2n) is 8.24. The lowest BCUT2D eigenvalue weighted by atomic mass is 10.1. The minimum absolute atomic E-state index is 0.0976. The predicted molar refractivity (Wildman–Crippen MR) is 134 cm³/mol. The Morgan fingerprint density at radius 2 is 1.97 bits per heavy atom. The van der Waals surface area contributed by atoms with Crippen LogP contribution in [-0.2, 0) is 47.6 Å². The van der Waals surface area contributed by atoms with E-state index in [4.69, 9.17) is 14.6 Å². The molecular formula is C21H28N4O10S3. The summed E-state index contributed by atoms with van der Waals surface area (Å²) in [6, 6.07) is 6.87. The summed E-state index contributed by atoms with van der Waals surface area (Å²) < 4.78 is 61.8. The average molecular weight is 593 g/mol. The van der Waals surface area contributed by atoms with Crippen molar-refractivity contribution >= 4 is 37.5 Å². The fourth-order valence-corrected chi connectivity index (χ4v) is 8.24. The molecule has 1 aromatic heterocycles. The molecule has 1 aromatic carbocycles. The molecule has 1 aliphatic rings. The number of sulfonamides is 2. The number of hydrogen-bond donors (Lipinski definition) is 1. The molecule has 0 fully saturated rings. The standard InChI is InChI=1S/C21H28N4O10S3/c1-3-24(21(26)34-13-15-6-4-7-16(10-15)14-35-25(27)28)18-12-23(8-5-9-33-2)38(31,32)20-17(18)11-19(36-20)37(22,29)30/h4,6-7,10-11,18H,3,5,8-9,12-14H2,1-2H3,(H2,22,29,30)/t18-/m0/s1. The van der Waals surface area contributed by atoms with Crippen molar-refractivity contribution in [3.63, 3.8) is 0 Å². The van der Waals surface area contributed by atoms with Crippen LogP contribution in [0.25, 0.3) is 0 Å². The molecule has 1 atom stereocenters. The Balaban J connectivity index is 1.87. The zero-order valence-corrected chi connectivity index (χ0v) is 23.1. The Morgan fingerprint density at radius 3 is 2.58 bits per heavy atom. The molecule has 0 saturated heterocycles. The van der Waals surface area contributed by atoms with Gasteiger partial charge >= 0.3 is 6.09 Å². The van der Waals surface area contributed by atoms with Crippen molar-refractivity contribution in [2.45, 2.75) is 41.0 Å². The summed E-state index contributed by atoms with van der Waals surface area (Å²) in [5.74, 6) is 0. The highest BCUT2D eigenvalue weighted by Crippen LogP contribution is 2.42. The molecule has 0 spiro atoms. The number of rotatable bonds is 12. The Hall–Kier alpha value is -2.83. The SMILES string of the molecule is CCN(C(=O)OCc1cccc(CO[N+](=O)[O-])c1)[C@H]1CN(CCCOC)S(=O)(=O)c2sc(S(N)(=O)=O)cc21. The zero-order valence-electron chi connectivity index (χ0n) is 20.6. The van der Waals surface area contributed by atoms with Gasteiger partial charge in [0, 0.05) is 38.9 Å². The van der Waals surface area contributed by atoms with Gasteiger partial charge < -0.3 is 19.2 Å². The summed E-state index contributed by atoms with van der Waals surface area (Å²) in [6.07, 6.45) is -0.368. The number of hydrogen-bond acceptors (Lipinski definition) is 11. The highest BCUT2D eigenvalue weighted by atomic mass is 32.3. The largest absolute Gasteiger partial charge is 0.445 e. The van der Waals surface area contributed by atoms with E-state index in [0.717, 1.165) is 0 Å². The monoisotopic (exact) mass is 592 g/mol.